The number of aromatic nitrogens is 2. The van der Waals surface area contributed by atoms with E-state index in [4.69, 9.17) is 9.47 Å². The molecule has 0 spiro atoms. The number of fused-ring (bicyclic) bond motifs is 2. The maximum Gasteiger partial charge on any atom is 0.195 e. The minimum atomic E-state index is -0.0639. The molecule has 0 atom stereocenters. The highest BCUT2D eigenvalue weighted by atomic mass is 16.5. The minimum Gasteiger partial charge on any atom is -0.494 e. The second-order valence-electron chi connectivity index (χ2n) is 9.93. The Bertz CT molecular complexity index is 1720. The van der Waals surface area contributed by atoms with Gasteiger partial charge in [0.2, 0.25) is 0 Å². The van der Waals surface area contributed by atoms with Gasteiger partial charge in [-0.3, -0.25) is 19.6 Å². The molecular weight excluding hydrogens is 524 g/mol. The van der Waals surface area contributed by atoms with Gasteiger partial charge in [-0.2, -0.15) is 0 Å². The van der Waals surface area contributed by atoms with E-state index in [9.17, 15) is 9.59 Å². The van der Waals surface area contributed by atoms with Crippen molar-refractivity contribution in [1.82, 2.24) is 9.97 Å². The highest BCUT2D eigenvalue weighted by molar-refractivity contribution is 6.16. The third kappa shape index (κ3) is 5.88. The lowest BCUT2D eigenvalue weighted by Crippen LogP contribution is -2.05. The van der Waals surface area contributed by atoms with Gasteiger partial charge in [0, 0.05) is 57.8 Å². The lowest BCUT2D eigenvalue weighted by molar-refractivity contribution is 0.103. The smallest absolute Gasteiger partial charge is 0.195 e. The number of carbonyl (C=O) groups excluding carboxylic acids is 2. The second-order valence-corrected chi connectivity index (χ2v) is 9.93. The molecule has 0 fully saturated rings. The van der Waals surface area contributed by atoms with Gasteiger partial charge in [0.1, 0.15) is 11.5 Å². The number of unbranched alkanes of at least 4 members (excludes halogenated alkanes) is 1. The van der Waals surface area contributed by atoms with Crippen molar-refractivity contribution in [2.75, 3.05) is 13.2 Å². The summed E-state index contributed by atoms with van der Waals surface area (Å²) in [6, 6.07) is 29.9. The maximum absolute atomic E-state index is 13.1. The average Bonchev–Trinajstić information content (AvgIpc) is 3.05. The molecule has 0 radical (unpaired) electrons. The van der Waals surface area contributed by atoms with Crippen molar-refractivity contribution < 1.29 is 19.1 Å². The SMILES string of the molecule is O=C(c1ccc(OCCCCOc2ccc(C(=O)c3cncc4ccccc34)cc2)cc1)c1cncc2ccccc12. The number of nitrogens with zero attached hydrogens (tertiary/aromatic N) is 2. The van der Waals surface area contributed by atoms with E-state index in [-0.39, 0.29) is 11.6 Å². The van der Waals surface area contributed by atoms with Crippen LogP contribution in [0.25, 0.3) is 21.5 Å². The average molecular weight is 553 g/mol. The van der Waals surface area contributed by atoms with E-state index in [2.05, 4.69) is 9.97 Å². The van der Waals surface area contributed by atoms with Gasteiger partial charge >= 0.3 is 0 Å². The van der Waals surface area contributed by atoms with Crippen LogP contribution >= 0.6 is 0 Å². The van der Waals surface area contributed by atoms with Crippen molar-refractivity contribution in [3.8, 4) is 11.5 Å². The van der Waals surface area contributed by atoms with E-state index >= 15 is 0 Å². The first kappa shape index (κ1) is 26.8. The monoisotopic (exact) mass is 552 g/mol. The molecule has 6 nitrogen and oxygen atoms in total. The summed E-state index contributed by atoms with van der Waals surface area (Å²) in [5.74, 6) is 1.30. The lowest BCUT2D eigenvalue weighted by atomic mass is 10.00. The minimum absolute atomic E-state index is 0.0639. The van der Waals surface area contributed by atoms with Gasteiger partial charge < -0.3 is 9.47 Å². The molecular formula is C36H28N2O4. The third-order valence-corrected chi connectivity index (χ3v) is 7.13. The number of ether oxygens (including phenoxy) is 2. The van der Waals surface area contributed by atoms with Gasteiger partial charge in [0.05, 0.1) is 13.2 Å². The second kappa shape index (κ2) is 12.4. The Balaban J connectivity index is 0.955. The molecule has 0 aliphatic heterocycles. The van der Waals surface area contributed by atoms with Gasteiger partial charge in [-0.25, -0.2) is 0 Å². The molecule has 0 aliphatic rings. The predicted molar refractivity (Wildman–Crippen MR) is 163 cm³/mol. The van der Waals surface area contributed by atoms with Crippen LogP contribution in [0.3, 0.4) is 0 Å². The highest BCUT2D eigenvalue weighted by Gasteiger charge is 2.14. The Hall–Kier alpha value is -5.36. The molecule has 0 bridgehead atoms. The summed E-state index contributed by atoms with van der Waals surface area (Å²) in [5.41, 5.74) is 2.36. The summed E-state index contributed by atoms with van der Waals surface area (Å²) < 4.78 is 11.7. The van der Waals surface area contributed by atoms with Gasteiger partial charge in [-0.1, -0.05) is 48.5 Å². The first-order valence-electron chi connectivity index (χ1n) is 13.9. The van der Waals surface area contributed by atoms with Crippen LogP contribution in [0, 0.1) is 0 Å². The van der Waals surface area contributed by atoms with Gasteiger partial charge in [-0.05, 0) is 72.1 Å². The van der Waals surface area contributed by atoms with E-state index in [1.165, 1.54) is 0 Å². The third-order valence-electron chi connectivity index (χ3n) is 7.13. The number of rotatable bonds is 11. The highest BCUT2D eigenvalue weighted by Crippen LogP contribution is 2.23. The fourth-order valence-electron chi connectivity index (χ4n) is 4.90. The van der Waals surface area contributed by atoms with Crippen LogP contribution in [0.5, 0.6) is 11.5 Å². The number of pyridine rings is 2. The number of hydrogen-bond acceptors (Lipinski definition) is 6. The molecule has 6 rings (SSSR count). The van der Waals surface area contributed by atoms with Crippen LogP contribution in [-0.2, 0) is 0 Å². The zero-order valence-electron chi connectivity index (χ0n) is 22.9. The largest absolute Gasteiger partial charge is 0.494 e. The van der Waals surface area contributed by atoms with Crippen LogP contribution < -0.4 is 9.47 Å². The standard InChI is InChI=1S/C36H28N2O4/c39-35(33-23-37-21-27-7-1-3-9-31(27)33)25-11-15-29(16-12-25)41-19-5-6-20-42-30-17-13-26(14-18-30)36(40)34-24-38-22-28-8-2-4-10-32(28)34/h1-4,7-18,21-24H,5-6,19-20H2. The number of ketones is 2. The topological polar surface area (TPSA) is 78.4 Å². The van der Waals surface area contributed by atoms with Crippen molar-refractivity contribution in [2.24, 2.45) is 0 Å². The first-order valence-corrected chi connectivity index (χ1v) is 13.9. The molecule has 4 aromatic carbocycles. The van der Waals surface area contributed by atoms with Crippen molar-refractivity contribution in [3.63, 3.8) is 0 Å². The summed E-state index contributed by atoms with van der Waals surface area (Å²) in [6.45, 7) is 1.08. The molecule has 42 heavy (non-hydrogen) atoms. The van der Waals surface area contributed by atoms with E-state index in [0.717, 1.165) is 34.4 Å². The van der Waals surface area contributed by atoms with Crippen LogP contribution in [0.4, 0.5) is 0 Å². The molecule has 0 amide bonds. The molecule has 0 N–H and O–H groups in total. The molecule has 0 saturated heterocycles. The van der Waals surface area contributed by atoms with E-state index in [0.29, 0.717) is 47.0 Å². The van der Waals surface area contributed by atoms with E-state index < -0.39 is 0 Å². The molecule has 206 valence electrons. The molecule has 6 heteroatoms. The van der Waals surface area contributed by atoms with E-state index in [1.54, 1.807) is 49.1 Å². The molecule has 2 heterocycles. The zero-order chi connectivity index (χ0) is 28.7. The molecule has 0 unspecified atom stereocenters. The Labute approximate surface area is 243 Å². The van der Waals surface area contributed by atoms with Crippen molar-refractivity contribution in [3.05, 3.63) is 144 Å². The van der Waals surface area contributed by atoms with Crippen LogP contribution in [0.15, 0.2) is 122 Å². The van der Waals surface area contributed by atoms with Crippen LogP contribution in [-0.4, -0.2) is 34.7 Å². The van der Waals surface area contributed by atoms with Crippen molar-refractivity contribution in [2.45, 2.75) is 12.8 Å². The normalized spacial score (nSPS) is 11.0. The Kier molecular flexibility index (Phi) is 7.95. The Morgan fingerprint density at radius 2 is 0.905 bits per heavy atom. The summed E-state index contributed by atoms with van der Waals surface area (Å²) in [7, 11) is 0. The fourth-order valence-corrected chi connectivity index (χ4v) is 4.90. The number of benzene rings is 4. The zero-order valence-corrected chi connectivity index (χ0v) is 22.9. The van der Waals surface area contributed by atoms with Crippen molar-refractivity contribution in [1.29, 1.82) is 0 Å². The Morgan fingerprint density at radius 3 is 1.33 bits per heavy atom. The van der Waals surface area contributed by atoms with Crippen molar-refractivity contribution >= 4 is 33.1 Å². The van der Waals surface area contributed by atoms with Gasteiger partial charge in [-0.15, -0.1) is 0 Å². The summed E-state index contributed by atoms with van der Waals surface area (Å²) >= 11 is 0. The molecule has 2 aromatic heterocycles. The lowest BCUT2D eigenvalue weighted by Gasteiger charge is -2.10. The van der Waals surface area contributed by atoms with Gasteiger partial charge in [0.25, 0.3) is 0 Å². The number of carbonyl (C=O) groups is 2. The predicted octanol–water partition coefficient (Wildman–Crippen LogP) is 7.48. The van der Waals surface area contributed by atoms with Crippen LogP contribution in [0.2, 0.25) is 0 Å². The molecule has 6 aromatic rings. The van der Waals surface area contributed by atoms with Crippen LogP contribution in [0.1, 0.15) is 44.7 Å². The Morgan fingerprint density at radius 1 is 0.500 bits per heavy atom. The summed E-state index contributed by atoms with van der Waals surface area (Å²) in [4.78, 5) is 34.6. The quantitative estimate of drug-likeness (QED) is 0.122. The molecule has 0 aliphatic carbocycles. The van der Waals surface area contributed by atoms with E-state index in [1.807, 2.05) is 72.8 Å². The first-order chi connectivity index (χ1) is 20.7. The fraction of sp³-hybridized carbons (Fsp3) is 0.111. The summed E-state index contributed by atoms with van der Waals surface area (Å²) in [6.07, 6.45) is 8.39. The maximum atomic E-state index is 13.1. The van der Waals surface area contributed by atoms with Gasteiger partial charge in [0.15, 0.2) is 11.6 Å². The summed E-state index contributed by atoms with van der Waals surface area (Å²) in [5, 5.41) is 3.66. The number of hydrogen-bond donors (Lipinski definition) is 0. The molecule has 0 saturated carbocycles.